The molecule has 0 unspecified atom stereocenters. The first kappa shape index (κ1) is 16.7. The van der Waals surface area contributed by atoms with Gasteiger partial charge in [0.15, 0.2) is 0 Å². The second-order valence-electron chi connectivity index (χ2n) is 6.69. The maximum Gasteiger partial charge on any atom is 0.228 e. The Morgan fingerprint density at radius 1 is 1.30 bits per heavy atom. The van der Waals surface area contributed by atoms with Crippen LogP contribution in [0.15, 0.2) is 24.3 Å². The van der Waals surface area contributed by atoms with Crippen LogP contribution in [0.5, 0.6) is 0 Å². The highest BCUT2D eigenvalue weighted by molar-refractivity contribution is 7.13. The zero-order valence-electron chi connectivity index (χ0n) is 13.0. The van der Waals surface area contributed by atoms with Crippen molar-refractivity contribution in [1.82, 2.24) is 9.27 Å². The van der Waals surface area contributed by atoms with E-state index in [1.54, 1.807) is 0 Å². The SMILES string of the molecule is Cl.NC1(C2CCN(C(=O)Cc3nsc4ccccc34)CC2)CC1. The van der Waals surface area contributed by atoms with Crippen LogP contribution < -0.4 is 5.73 Å². The Kier molecular flexibility index (Phi) is 4.63. The molecule has 0 spiro atoms. The van der Waals surface area contributed by atoms with E-state index >= 15 is 0 Å². The lowest BCUT2D eigenvalue weighted by molar-refractivity contribution is -0.132. The molecule has 1 saturated heterocycles. The second kappa shape index (κ2) is 6.38. The van der Waals surface area contributed by atoms with Crippen molar-refractivity contribution in [3.05, 3.63) is 30.0 Å². The zero-order chi connectivity index (χ0) is 15.2. The molecule has 1 aromatic heterocycles. The monoisotopic (exact) mass is 351 g/mol. The molecule has 0 bridgehead atoms. The van der Waals surface area contributed by atoms with Crippen LogP contribution in [0.1, 0.15) is 31.4 Å². The van der Waals surface area contributed by atoms with Crippen molar-refractivity contribution in [3.63, 3.8) is 0 Å². The zero-order valence-corrected chi connectivity index (χ0v) is 14.7. The Hall–Kier alpha value is -1.17. The van der Waals surface area contributed by atoms with E-state index in [1.807, 2.05) is 17.0 Å². The molecule has 1 saturated carbocycles. The Bertz CT molecular complexity index is 705. The van der Waals surface area contributed by atoms with Crippen LogP contribution in [0.25, 0.3) is 10.1 Å². The van der Waals surface area contributed by atoms with Crippen LogP contribution >= 0.6 is 23.9 Å². The summed E-state index contributed by atoms with van der Waals surface area (Å²) in [5.41, 5.74) is 7.32. The third-order valence-electron chi connectivity index (χ3n) is 5.26. The van der Waals surface area contributed by atoms with Crippen LogP contribution in [0.3, 0.4) is 0 Å². The van der Waals surface area contributed by atoms with Gasteiger partial charge in [-0.15, -0.1) is 12.4 Å². The van der Waals surface area contributed by atoms with Gasteiger partial charge in [0.1, 0.15) is 0 Å². The second-order valence-corrected chi connectivity index (χ2v) is 7.50. The fraction of sp³-hybridized carbons (Fsp3) is 0.529. The maximum absolute atomic E-state index is 12.5. The van der Waals surface area contributed by atoms with Crippen molar-refractivity contribution in [1.29, 1.82) is 0 Å². The molecule has 2 aromatic rings. The molecule has 2 N–H and O–H groups in total. The van der Waals surface area contributed by atoms with Gasteiger partial charge in [-0.25, -0.2) is 0 Å². The van der Waals surface area contributed by atoms with Crippen molar-refractivity contribution in [2.24, 2.45) is 11.7 Å². The van der Waals surface area contributed by atoms with E-state index in [0.717, 1.165) is 54.6 Å². The molecule has 2 aliphatic rings. The molecule has 4 rings (SSSR count). The number of nitrogens with two attached hydrogens (primary N) is 1. The molecule has 0 atom stereocenters. The highest BCUT2D eigenvalue weighted by Crippen LogP contribution is 2.44. The number of nitrogens with zero attached hydrogens (tertiary/aromatic N) is 2. The standard InChI is InChI=1S/C17H21N3OS.ClH/c18-17(7-8-17)12-5-9-20(10-6-12)16(21)11-14-13-3-1-2-4-15(13)22-19-14;/h1-4,12H,5-11,18H2;1H. The average Bonchev–Trinajstić information content (AvgIpc) is 3.18. The summed E-state index contributed by atoms with van der Waals surface area (Å²) in [6.07, 6.45) is 4.86. The lowest BCUT2D eigenvalue weighted by Gasteiger charge is -2.35. The number of halogens is 1. The molecule has 124 valence electrons. The van der Waals surface area contributed by atoms with E-state index < -0.39 is 0 Å². The lowest BCUT2D eigenvalue weighted by atomic mass is 9.88. The number of rotatable bonds is 3. The number of fused-ring (bicyclic) bond motifs is 1. The first-order chi connectivity index (χ1) is 10.7. The molecule has 1 aliphatic heterocycles. The minimum absolute atomic E-state index is 0. The Morgan fingerprint density at radius 2 is 2.00 bits per heavy atom. The molecule has 1 amide bonds. The molecule has 1 aromatic carbocycles. The molecule has 0 radical (unpaired) electrons. The molecule has 6 heteroatoms. The summed E-state index contributed by atoms with van der Waals surface area (Å²) >= 11 is 1.48. The number of benzene rings is 1. The topological polar surface area (TPSA) is 59.2 Å². The number of piperidine rings is 1. The van der Waals surface area contributed by atoms with Gasteiger partial charge in [-0.2, -0.15) is 4.37 Å². The van der Waals surface area contributed by atoms with Gasteiger partial charge in [-0.1, -0.05) is 18.2 Å². The van der Waals surface area contributed by atoms with Gasteiger partial charge < -0.3 is 10.6 Å². The smallest absolute Gasteiger partial charge is 0.228 e. The van der Waals surface area contributed by atoms with Crippen LogP contribution in [-0.4, -0.2) is 33.8 Å². The van der Waals surface area contributed by atoms with E-state index in [4.69, 9.17) is 5.73 Å². The maximum atomic E-state index is 12.5. The number of aromatic nitrogens is 1. The summed E-state index contributed by atoms with van der Waals surface area (Å²) in [7, 11) is 0. The summed E-state index contributed by atoms with van der Waals surface area (Å²) in [4.78, 5) is 14.5. The van der Waals surface area contributed by atoms with E-state index in [9.17, 15) is 4.79 Å². The van der Waals surface area contributed by atoms with Crippen molar-refractivity contribution < 1.29 is 4.79 Å². The Labute approximate surface area is 146 Å². The van der Waals surface area contributed by atoms with Gasteiger partial charge in [-0.05, 0) is 49.2 Å². The fourth-order valence-corrected chi connectivity index (χ4v) is 4.37. The van der Waals surface area contributed by atoms with E-state index in [1.165, 1.54) is 11.5 Å². The molecule has 23 heavy (non-hydrogen) atoms. The van der Waals surface area contributed by atoms with Gasteiger partial charge in [0.25, 0.3) is 0 Å². The van der Waals surface area contributed by atoms with Crippen molar-refractivity contribution >= 4 is 39.9 Å². The molecule has 2 fully saturated rings. The molecule has 1 aliphatic carbocycles. The largest absolute Gasteiger partial charge is 0.342 e. The molecular weight excluding hydrogens is 330 g/mol. The number of amides is 1. The van der Waals surface area contributed by atoms with Crippen molar-refractivity contribution in [2.45, 2.75) is 37.6 Å². The van der Waals surface area contributed by atoms with Crippen molar-refractivity contribution in [2.75, 3.05) is 13.1 Å². The van der Waals surface area contributed by atoms with Gasteiger partial charge in [0.2, 0.25) is 5.91 Å². The van der Waals surface area contributed by atoms with Crippen LogP contribution in [0.2, 0.25) is 0 Å². The van der Waals surface area contributed by atoms with Crippen LogP contribution in [0.4, 0.5) is 0 Å². The third kappa shape index (κ3) is 3.23. The number of hydrogen-bond acceptors (Lipinski definition) is 4. The van der Waals surface area contributed by atoms with E-state index in [0.29, 0.717) is 12.3 Å². The van der Waals surface area contributed by atoms with Gasteiger partial charge in [0, 0.05) is 24.0 Å². The Morgan fingerprint density at radius 3 is 2.70 bits per heavy atom. The summed E-state index contributed by atoms with van der Waals surface area (Å²) in [5, 5.41) is 1.12. The predicted octanol–water partition coefficient (Wildman–Crippen LogP) is 2.99. The van der Waals surface area contributed by atoms with E-state index in [-0.39, 0.29) is 23.9 Å². The number of carbonyl (C=O) groups excluding carboxylic acids is 1. The highest BCUT2D eigenvalue weighted by Gasteiger charge is 2.46. The van der Waals surface area contributed by atoms with Gasteiger partial charge in [0.05, 0.1) is 16.8 Å². The van der Waals surface area contributed by atoms with Crippen LogP contribution in [-0.2, 0) is 11.2 Å². The summed E-state index contributed by atoms with van der Waals surface area (Å²) < 4.78 is 5.62. The minimum atomic E-state index is 0. The third-order valence-corrected chi connectivity index (χ3v) is 6.12. The van der Waals surface area contributed by atoms with E-state index in [2.05, 4.69) is 16.5 Å². The fourth-order valence-electron chi connectivity index (χ4n) is 3.58. The quantitative estimate of drug-likeness (QED) is 0.924. The lowest BCUT2D eigenvalue weighted by Crippen LogP contribution is -2.45. The molecule has 4 nitrogen and oxygen atoms in total. The first-order valence-electron chi connectivity index (χ1n) is 8.06. The van der Waals surface area contributed by atoms with Gasteiger partial charge in [-0.3, -0.25) is 4.79 Å². The highest BCUT2D eigenvalue weighted by atomic mass is 35.5. The minimum Gasteiger partial charge on any atom is -0.342 e. The number of likely N-dealkylation sites (tertiary alicyclic amines) is 1. The average molecular weight is 352 g/mol. The Balaban J connectivity index is 0.00000156. The van der Waals surface area contributed by atoms with Crippen LogP contribution in [0, 0.1) is 5.92 Å². The summed E-state index contributed by atoms with van der Waals surface area (Å²) in [5.74, 6) is 0.813. The predicted molar refractivity (Wildman–Crippen MR) is 96.0 cm³/mol. The van der Waals surface area contributed by atoms with Gasteiger partial charge >= 0.3 is 0 Å². The number of carbonyl (C=O) groups is 1. The molecular formula is C17H22ClN3OS. The first-order valence-corrected chi connectivity index (χ1v) is 8.83. The molecule has 2 heterocycles. The summed E-state index contributed by atoms with van der Waals surface area (Å²) in [6, 6.07) is 8.13. The summed E-state index contributed by atoms with van der Waals surface area (Å²) in [6.45, 7) is 1.70. The van der Waals surface area contributed by atoms with Crippen molar-refractivity contribution in [3.8, 4) is 0 Å². The number of hydrogen-bond donors (Lipinski definition) is 1. The normalized spacial score (nSPS) is 20.3.